The van der Waals surface area contributed by atoms with E-state index in [1.54, 1.807) is 18.2 Å². The van der Waals surface area contributed by atoms with Crippen LogP contribution in [0.15, 0.2) is 30.3 Å². The number of ether oxygens (including phenoxy) is 1. The maximum atomic E-state index is 12.5. The average Bonchev–Trinajstić information content (AvgIpc) is 2.81. The van der Waals surface area contributed by atoms with E-state index in [0.29, 0.717) is 19.1 Å². The first-order valence-electron chi connectivity index (χ1n) is 11.9. The lowest BCUT2D eigenvalue weighted by atomic mass is 10.0. The van der Waals surface area contributed by atoms with Crippen LogP contribution < -0.4 is 10.6 Å². The van der Waals surface area contributed by atoms with Gasteiger partial charge in [0.25, 0.3) is 5.91 Å². The molecule has 1 atom stereocenters. The minimum atomic E-state index is -1.10. The summed E-state index contributed by atoms with van der Waals surface area (Å²) in [6, 6.07) is 7.92. The Hall–Kier alpha value is -2.39. The van der Waals surface area contributed by atoms with Crippen molar-refractivity contribution in [1.82, 2.24) is 15.2 Å². The number of pyridine rings is 1. The van der Waals surface area contributed by atoms with Crippen molar-refractivity contribution in [2.45, 2.75) is 31.7 Å². The van der Waals surface area contributed by atoms with Crippen LogP contribution in [0.4, 0.5) is 5.82 Å². The van der Waals surface area contributed by atoms with Crippen molar-refractivity contribution in [3.8, 4) is 0 Å². The zero-order valence-corrected chi connectivity index (χ0v) is 20.9. The van der Waals surface area contributed by atoms with Crippen molar-refractivity contribution in [2.75, 3.05) is 44.7 Å². The number of likely N-dealkylation sites (tertiary alicyclic amines) is 1. The predicted octanol–water partition coefficient (Wildman–Crippen LogP) is 3.51. The van der Waals surface area contributed by atoms with Gasteiger partial charge in [-0.2, -0.15) is 0 Å². The van der Waals surface area contributed by atoms with Crippen LogP contribution in [0, 0.1) is 5.92 Å². The number of fused-ring (bicyclic) bond motifs is 1. The number of nitrogens with zero attached hydrogens (tertiary/aromatic N) is 2. The molecule has 0 aliphatic carbocycles. The molecule has 0 bridgehead atoms. The number of carboxylic acids is 1. The van der Waals surface area contributed by atoms with Gasteiger partial charge in [-0.05, 0) is 49.4 Å². The number of amides is 1. The molecule has 10 heteroatoms. The van der Waals surface area contributed by atoms with Crippen molar-refractivity contribution in [1.29, 1.82) is 0 Å². The summed E-state index contributed by atoms with van der Waals surface area (Å²) in [5.41, 5.74) is 2.46. The number of carbonyl (C=O) groups excluding carboxylic acids is 1. The molecule has 35 heavy (non-hydrogen) atoms. The number of benzene rings is 1. The Balaban J connectivity index is 1.14. The van der Waals surface area contributed by atoms with E-state index in [4.69, 9.17) is 32.9 Å². The lowest BCUT2D eigenvalue weighted by molar-refractivity contribution is -0.140. The maximum absolute atomic E-state index is 12.5. The monoisotopic (exact) mass is 520 g/mol. The molecule has 0 radical (unpaired) electrons. The number of aliphatic carboxylic acids is 1. The Labute approximate surface area is 215 Å². The normalized spacial score (nSPS) is 16.6. The lowest BCUT2D eigenvalue weighted by Gasteiger charge is -2.40. The molecule has 4 rings (SSSR count). The van der Waals surface area contributed by atoms with Crippen LogP contribution in [0.2, 0.25) is 10.0 Å². The van der Waals surface area contributed by atoms with Crippen LogP contribution in [0.1, 0.15) is 34.5 Å². The molecule has 2 aromatic rings. The summed E-state index contributed by atoms with van der Waals surface area (Å²) < 4.78 is 5.84. The van der Waals surface area contributed by atoms with Gasteiger partial charge in [0.1, 0.15) is 11.9 Å². The summed E-state index contributed by atoms with van der Waals surface area (Å²) in [6.45, 7) is 3.94. The van der Waals surface area contributed by atoms with Crippen molar-refractivity contribution in [3.05, 3.63) is 57.2 Å². The summed E-state index contributed by atoms with van der Waals surface area (Å²) in [5.74, 6) is -0.330. The SMILES string of the molecule is O=C(N[C@H](CN1CC(COCCCc2ccc3c(n2)NCCC3)C1)C(=O)O)c1c(Cl)cccc1Cl. The van der Waals surface area contributed by atoms with Crippen LogP contribution in [0.25, 0.3) is 0 Å². The molecule has 1 aromatic carbocycles. The molecule has 0 spiro atoms. The topological polar surface area (TPSA) is 104 Å². The zero-order valence-electron chi connectivity index (χ0n) is 19.4. The van der Waals surface area contributed by atoms with Gasteiger partial charge in [-0.15, -0.1) is 0 Å². The molecule has 0 unspecified atom stereocenters. The van der Waals surface area contributed by atoms with Crippen LogP contribution in [-0.4, -0.2) is 72.3 Å². The molecule has 1 amide bonds. The molecule has 2 aliphatic heterocycles. The quantitative estimate of drug-likeness (QED) is 0.389. The number of aromatic nitrogens is 1. The van der Waals surface area contributed by atoms with Crippen molar-refractivity contribution in [3.63, 3.8) is 0 Å². The second kappa shape index (κ2) is 12.0. The van der Waals surface area contributed by atoms with E-state index in [1.165, 1.54) is 5.56 Å². The van der Waals surface area contributed by atoms with E-state index >= 15 is 0 Å². The highest BCUT2D eigenvalue weighted by Gasteiger charge is 2.32. The number of carboxylic acid groups (broad SMARTS) is 1. The summed E-state index contributed by atoms with van der Waals surface area (Å²) >= 11 is 12.1. The van der Waals surface area contributed by atoms with Crippen molar-refractivity contribution < 1.29 is 19.4 Å². The van der Waals surface area contributed by atoms with Gasteiger partial charge >= 0.3 is 5.97 Å². The number of nitrogens with one attached hydrogen (secondary N) is 2. The first-order chi connectivity index (χ1) is 16.9. The van der Waals surface area contributed by atoms with Crippen molar-refractivity contribution in [2.24, 2.45) is 5.92 Å². The lowest BCUT2D eigenvalue weighted by Crippen LogP contribution is -2.56. The first kappa shape index (κ1) is 25.7. The third-order valence-corrected chi connectivity index (χ3v) is 6.92. The van der Waals surface area contributed by atoms with Gasteiger partial charge in [0.15, 0.2) is 0 Å². The number of hydrogen-bond donors (Lipinski definition) is 3. The Kier molecular flexibility index (Phi) is 8.83. The molecule has 1 saturated heterocycles. The Bertz CT molecular complexity index is 1040. The number of hydrogen-bond acceptors (Lipinski definition) is 6. The van der Waals surface area contributed by atoms with E-state index in [9.17, 15) is 14.7 Å². The minimum absolute atomic E-state index is 0.0822. The standard InChI is InChI=1S/C25H30Cl2N4O4/c26-19-6-1-7-20(27)22(19)24(32)30-21(25(33)34)14-31-12-16(13-31)15-35-11-3-5-18-9-8-17-4-2-10-28-23(17)29-18/h1,6-9,16,21H,2-5,10-15H2,(H,28,29)(H,30,32)(H,33,34)/t21-/m1/s1. The van der Waals surface area contributed by atoms with Gasteiger partial charge in [-0.25, -0.2) is 9.78 Å². The fourth-order valence-corrected chi connectivity index (χ4v) is 5.00. The fraction of sp³-hybridized carbons (Fsp3) is 0.480. The Morgan fingerprint density at radius 1 is 1.23 bits per heavy atom. The Morgan fingerprint density at radius 3 is 2.74 bits per heavy atom. The molecule has 1 aromatic heterocycles. The fourth-order valence-electron chi connectivity index (χ4n) is 4.43. The third kappa shape index (κ3) is 6.85. The summed E-state index contributed by atoms with van der Waals surface area (Å²) in [7, 11) is 0. The molecule has 188 valence electrons. The van der Waals surface area contributed by atoms with E-state index in [1.807, 2.05) is 4.90 Å². The average molecular weight is 521 g/mol. The van der Waals surface area contributed by atoms with Crippen LogP contribution >= 0.6 is 23.2 Å². The van der Waals surface area contributed by atoms with Crippen LogP contribution in [0.3, 0.4) is 0 Å². The van der Waals surface area contributed by atoms with Gasteiger partial charge in [-0.3, -0.25) is 9.69 Å². The second-order valence-corrected chi connectivity index (χ2v) is 9.88. The number of rotatable bonds is 11. The van der Waals surface area contributed by atoms with Crippen LogP contribution in [-0.2, 0) is 22.4 Å². The molecule has 0 saturated carbocycles. The van der Waals surface area contributed by atoms with Crippen molar-refractivity contribution >= 4 is 40.9 Å². The second-order valence-electron chi connectivity index (χ2n) is 9.06. The molecular weight excluding hydrogens is 491 g/mol. The number of carbonyl (C=O) groups is 2. The highest BCUT2D eigenvalue weighted by atomic mass is 35.5. The highest BCUT2D eigenvalue weighted by Crippen LogP contribution is 2.24. The van der Waals surface area contributed by atoms with Gasteiger partial charge in [0.05, 0.1) is 22.2 Å². The maximum Gasteiger partial charge on any atom is 0.327 e. The molecule has 3 heterocycles. The zero-order chi connectivity index (χ0) is 24.8. The summed E-state index contributed by atoms with van der Waals surface area (Å²) in [6.07, 6.45) is 4.02. The molecule has 2 aliphatic rings. The molecular formula is C25H30Cl2N4O4. The van der Waals surface area contributed by atoms with Gasteiger partial charge in [0, 0.05) is 44.4 Å². The minimum Gasteiger partial charge on any atom is -0.480 e. The van der Waals surface area contributed by atoms with E-state index in [-0.39, 0.29) is 22.2 Å². The molecule has 1 fully saturated rings. The summed E-state index contributed by atoms with van der Waals surface area (Å²) in [4.78, 5) is 30.9. The number of aryl methyl sites for hydroxylation is 2. The van der Waals surface area contributed by atoms with E-state index in [0.717, 1.165) is 56.8 Å². The van der Waals surface area contributed by atoms with Gasteiger partial charge in [0.2, 0.25) is 0 Å². The molecule has 3 N–H and O–H groups in total. The van der Waals surface area contributed by atoms with E-state index in [2.05, 4.69) is 22.8 Å². The van der Waals surface area contributed by atoms with Crippen LogP contribution in [0.5, 0.6) is 0 Å². The third-order valence-electron chi connectivity index (χ3n) is 6.29. The first-order valence-corrected chi connectivity index (χ1v) is 12.7. The highest BCUT2D eigenvalue weighted by molar-refractivity contribution is 6.39. The van der Waals surface area contributed by atoms with Gasteiger partial charge < -0.3 is 20.5 Å². The number of anilines is 1. The Morgan fingerprint density at radius 2 is 2.00 bits per heavy atom. The number of halogens is 2. The largest absolute Gasteiger partial charge is 0.480 e. The van der Waals surface area contributed by atoms with Gasteiger partial charge in [-0.1, -0.05) is 35.3 Å². The van der Waals surface area contributed by atoms with E-state index < -0.39 is 17.9 Å². The smallest absolute Gasteiger partial charge is 0.327 e. The summed E-state index contributed by atoms with van der Waals surface area (Å²) in [5, 5.41) is 15.8. The predicted molar refractivity (Wildman–Crippen MR) is 135 cm³/mol. The molecule has 8 nitrogen and oxygen atoms in total.